The van der Waals surface area contributed by atoms with Crippen molar-refractivity contribution in [3.05, 3.63) is 35.4 Å². The molecule has 1 aliphatic heterocycles. The molecule has 0 amide bonds. The summed E-state index contributed by atoms with van der Waals surface area (Å²) in [5, 5.41) is 3.67. The molecular weight excluding hydrogens is 244 g/mol. The summed E-state index contributed by atoms with van der Waals surface area (Å²) in [6, 6.07) is 10.4. The molecule has 2 heteroatoms. The minimum atomic E-state index is 0.509. The quantitative estimate of drug-likeness (QED) is 0.849. The van der Waals surface area contributed by atoms with Crippen molar-refractivity contribution in [2.75, 3.05) is 19.6 Å². The molecule has 1 aliphatic rings. The van der Waals surface area contributed by atoms with Gasteiger partial charge < -0.3 is 5.32 Å². The fraction of sp³-hybridized carbons (Fsp3) is 0.667. The highest BCUT2D eigenvalue weighted by Gasteiger charge is 2.20. The molecule has 2 rings (SSSR count). The van der Waals surface area contributed by atoms with Crippen molar-refractivity contribution in [2.45, 2.75) is 58.5 Å². The Bertz CT molecular complexity index is 379. The van der Waals surface area contributed by atoms with Gasteiger partial charge in [0, 0.05) is 18.6 Å². The van der Waals surface area contributed by atoms with E-state index in [2.05, 4.69) is 55.3 Å². The molecule has 1 heterocycles. The second kappa shape index (κ2) is 7.80. The molecule has 0 spiro atoms. The SMILES string of the molecule is CCc1ccc(C(C)N(CC)CC2CCCCN2)cc1. The Balaban J connectivity index is 1.97. The van der Waals surface area contributed by atoms with E-state index in [4.69, 9.17) is 0 Å². The average Bonchev–Trinajstić information content (AvgIpc) is 2.53. The molecule has 1 N–H and O–H groups in total. The highest BCUT2D eigenvalue weighted by Crippen LogP contribution is 2.22. The first kappa shape index (κ1) is 15.5. The van der Waals surface area contributed by atoms with Crippen molar-refractivity contribution in [3.8, 4) is 0 Å². The zero-order chi connectivity index (χ0) is 14.4. The topological polar surface area (TPSA) is 15.3 Å². The molecule has 0 radical (unpaired) electrons. The maximum Gasteiger partial charge on any atom is 0.0320 e. The van der Waals surface area contributed by atoms with Crippen LogP contribution in [0.2, 0.25) is 0 Å². The van der Waals surface area contributed by atoms with Crippen molar-refractivity contribution < 1.29 is 0 Å². The summed E-state index contributed by atoms with van der Waals surface area (Å²) in [5.74, 6) is 0. The number of nitrogens with one attached hydrogen (secondary N) is 1. The highest BCUT2D eigenvalue weighted by molar-refractivity contribution is 5.24. The van der Waals surface area contributed by atoms with E-state index < -0.39 is 0 Å². The summed E-state index contributed by atoms with van der Waals surface area (Å²) in [6.45, 7) is 10.3. The Hall–Kier alpha value is -0.860. The van der Waals surface area contributed by atoms with Crippen LogP contribution >= 0.6 is 0 Å². The van der Waals surface area contributed by atoms with Crippen LogP contribution in [0.1, 0.15) is 57.2 Å². The van der Waals surface area contributed by atoms with E-state index in [1.807, 2.05) is 0 Å². The smallest absolute Gasteiger partial charge is 0.0320 e. The third kappa shape index (κ3) is 4.07. The molecule has 2 unspecified atom stereocenters. The lowest BCUT2D eigenvalue weighted by atomic mass is 10.0. The number of likely N-dealkylation sites (N-methyl/N-ethyl adjacent to an activating group) is 1. The van der Waals surface area contributed by atoms with E-state index in [-0.39, 0.29) is 0 Å². The predicted octanol–water partition coefficient (Wildman–Crippen LogP) is 3.77. The van der Waals surface area contributed by atoms with E-state index in [1.165, 1.54) is 43.5 Å². The second-order valence-corrected chi connectivity index (χ2v) is 6.01. The number of nitrogens with zero attached hydrogens (tertiary/aromatic N) is 1. The van der Waals surface area contributed by atoms with Crippen molar-refractivity contribution >= 4 is 0 Å². The molecule has 0 aliphatic carbocycles. The molecule has 0 aromatic heterocycles. The van der Waals surface area contributed by atoms with Gasteiger partial charge in [0.2, 0.25) is 0 Å². The maximum absolute atomic E-state index is 3.67. The minimum absolute atomic E-state index is 0.509. The first-order valence-corrected chi connectivity index (χ1v) is 8.30. The number of hydrogen-bond acceptors (Lipinski definition) is 2. The van der Waals surface area contributed by atoms with E-state index in [1.54, 1.807) is 0 Å². The van der Waals surface area contributed by atoms with Crippen LogP contribution in [0.5, 0.6) is 0 Å². The zero-order valence-electron chi connectivity index (χ0n) is 13.4. The van der Waals surface area contributed by atoms with Gasteiger partial charge in [0.25, 0.3) is 0 Å². The van der Waals surface area contributed by atoms with Gasteiger partial charge in [0.1, 0.15) is 0 Å². The number of piperidine rings is 1. The van der Waals surface area contributed by atoms with Crippen LogP contribution in [0.3, 0.4) is 0 Å². The number of benzene rings is 1. The Morgan fingerprint density at radius 2 is 1.95 bits per heavy atom. The summed E-state index contributed by atoms with van der Waals surface area (Å²) in [4.78, 5) is 2.60. The van der Waals surface area contributed by atoms with Gasteiger partial charge in [0.15, 0.2) is 0 Å². The van der Waals surface area contributed by atoms with Crippen LogP contribution in [0.4, 0.5) is 0 Å². The number of rotatable bonds is 6. The Kier molecular flexibility index (Phi) is 6.06. The zero-order valence-corrected chi connectivity index (χ0v) is 13.4. The van der Waals surface area contributed by atoms with Crippen LogP contribution in [-0.2, 0) is 6.42 Å². The highest BCUT2D eigenvalue weighted by atomic mass is 15.2. The molecule has 2 nitrogen and oxygen atoms in total. The molecule has 1 aromatic rings. The summed E-state index contributed by atoms with van der Waals surface area (Å²) in [5.41, 5.74) is 2.87. The molecule has 112 valence electrons. The average molecular weight is 274 g/mol. The van der Waals surface area contributed by atoms with Crippen molar-refractivity contribution in [1.82, 2.24) is 10.2 Å². The summed E-state index contributed by atoms with van der Waals surface area (Å²) in [6.07, 6.45) is 5.18. The molecule has 20 heavy (non-hydrogen) atoms. The van der Waals surface area contributed by atoms with Crippen molar-refractivity contribution in [2.24, 2.45) is 0 Å². The predicted molar refractivity (Wildman–Crippen MR) is 87.1 cm³/mol. The van der Waals surface area contributed by atoms with Crippen LogP contribution in [0.15, 0.2) is 24.3 Å². The fourth-order valence-electron chi connectivity index (χ4n) is 3.17. The van der Waals surface area contributed by atoms with Gasteiger partial charge in [-0.2, -0.15) is 0 Å². The van der Waals surface area contributed by atoms with E-state index in [9.17, 15) is 0 Å². The lowest BCUT2D eigenvalue weighted by Gasteiger charge is -2.34. The Labute approximate surface area is 124 Å². The Morgan fingerprint density at radius 3 is 2.50 bits per heavy atom. The van der Waals surface area contributed by atoms with Crippen molar-refractivity contribution in [1.29, 1.82) is 0 Å². The van der Waals surface area contributed by atoms with Gasteiger partial charge in [-0.25, -0.2) is 0 Å². The van der Waals surface area contributed by atoms with Crippen molar-refractivity contribution in [3.63, 3.8) is 0 Å². The normalized spacial score (nSPS) is 21.1. The third-order valence-corrected chi connectivity index (χ3v) is 4.69. The molecule has 0 saturated carbocycles. The molecule has 1 aromatic carbocycles. The summed E-state index contributed by atoms with van der Waals surface area (Å²) < 4.78 is 0. The minimum Gasteiger partial charge on any atom is -0.313 e. The molecule has 0 bridgehead atoms. The van der Waals surface area contributed by atoms with Gasteiger partial charge in [-0.1, -0.05) is 44.5 Å². The van der Waals surface area contributed by atoms with Gasteiger partial charge in [-0.3, -0.25) is 4.90 Å². The lowest BCUT2D eigenvalue weighted by Crippen LogP contribution is -2.44. The monoisotopic (exact) mass is 274 g/mol. The maximum atomic E-state index is 3.67. The first-order valence-electron chi connectivity index (χ1n) is 8.30. The third-order valence-electron chi connectivity index (χ3n) is 4.69. The van der Waals surface area contributed by atoms with Crippen LogP contribution in [0, 0.1) is 0 Å². The standard InChI is InChI=1S/C18H30N2/c1-4-16-9-11-17(12-10-16)15(3)20(5-2)14-18-8-6-7-13-19-18/h9-12,15,18-19H,4-8,13-14H2,1-3H3. The van der Waals surface area contributed by atoms with Crippen LogP contribution in [0.25, 0.3) is 0 Å². The summed E-state index contributed by atoms with van der Waals surface area (Å²) in [7, 11) is 0. The van der Waals surface area contributed by atoms with Crippen LogP contribution < -0.4 is 5.32 Å². The van der Waals surface area contributed by atoms with Gasteiger partial charge >= 0.3 is 0 Å². The largest absolute Gasteiger partial charge is 0.313 e. The summed E-state index contributed by atoms with van der Waals surface area (Å²) >= 11 is 0. The Morgan fingerprint density at radius 1 is 1.20 bits per heavy atom. The van der Waals surface area contributed by atoms with Gasteiger partial charge in [-0.05, 0) is 50.4 Å². The van der Waals surface area contributed by atoms with E-state index in [0.29, 0.717) is 12.1 Å². The fourth-order valence-corrected chi connectivity index (χ4v) is 3.17. The molecule has 1 saturated heterocycles. The van der Waals surface area contributed by atoms with Gasteiger partial charge in [-0.15, -0.1) is 0 Å². The first-order chi connectivity index (χ1) is 9.74. The van der Waals surface area contributed by atoms with E-state index in [0.717, 1.165) is 13.0 Å². The number of hydrogen-bond donors (Lipinski definition) is 1. The van der Waals surface area contributed by atoms with Gasteiger partial charge in [0.05, 0.1) is 0 Å². The van der Waals surface area contributed by atoms with Crippen LogP contribution in [-0.4, -0.2) is 30.6 Å². The van der Waals surface area contributed by atoms with E-state index >= 15 is 0 Å². The second-order valence-electron chi connectivity index (χ2n) is 6.01. The molecule has 2 atom stereocenters. The molecular formula is C18H30N2. The number of aryl methyl sites for hydroxylation is 1. The molecule has 1 fully saturated rings. The lowest BCUT2D eigenvalue weighted by molar-refractivity contribution is 0.184.